The van der Waals surface area contributed by atoms with Crippen molar-refractivity contribution in [3.63, 3.8) is 0 Å². The van der Waals surface area contributed by atoms with Crippen LogP contribution in [0.25, 0.3) is 0 Å². The van der Waals surface area contributed by atoms with Crippen molar-refractivity contribution >= 4 is 39.1 Å². The number of nitrogens with one attached hydrogen (secondary N) is 2. The average molecular weight is 441 g/mol. The highest BCUT2D eigenvalue weighted by atomic mass is 79.9. The number of benzene rings is 1. The first kappa shape index (κ1) is 20.3. The molecule has 0 fully saturated rings. The highest BCUT2D eigenvalue weighted by Gasteiger charge is 2.13. The topological polar surface area (TPSA) is 76.7 Å². The number of hydrogen-bond donors (Lipinski definition) is 2. The zero-order chi connectivity index (χ0) is 19.1. The molecule has 1 heterocycles. The van der Waals surface area contributed by atoms with Gasteiger partial charge >= 0.3 is 0 Å². The van der Waals surface area contributed by atoms with Crippen LogP contribution in [0, 0.1) is 0 Å². The fourth-order valence-corrected chi connectivity index (χ4v) is 3.57. The first-order valence-corrected chi connectivity index (χ1v) is 9.62. The van der Waals surface area contributed by atoms with Gasteiger partial charge in [0.15, 0.2) is 18.1 Å². The second-order valence-corrected chi connectivity index (χ2v) is 8.31. The van der Waals surface area contributed by atoms with Crippen LogP contribution in [-0.4, -0.2) is 31.6 Å². The van der Waals surface area contributed by atoms with Gasteiger partial charge in [0.1, 0.15) is 0 Å². The SMILES string of the molecule is COc1cc(C(=O)NCc2ccc(Br)s2)ccc1OCC(=O)NC(C)C. The predicted octanol–water partition coefficient (Wildman–Crippen LogP) is 3.35. The summed E-state index contributed by atoms with van der Waals surface area (Å²) < 4.78 is 11.8. The molecule has 2 amide bonds. The third-order valence-electron chi connectivity index (χ3n) is 3.29. The number of carbonyl (C=O) groups excluding carboxylic acids is 2. The highest BCUT2D eigenvalue weighted by Crippen LogP contribution is 2.28. The Balaban J connectivity index is 1.97. The largest absolute Gasteiger partial charge is 0.493 e. The Bertz CT molecular complexity index is 776. The van der Waals surface area contributed by atoms with Gasteiger partial charge < -0.3 is 20.1 Å². The number of methoxy groups -OCH3 is 1. The molecule has 0 aliphatic rings. The van der Waals surface area contributed by atoms with Crippen molar-refractivity contribution in [2.45, 2.75) is 26.4 Å². The van der Waals surface area contributed by atoms with Crippen molar-refractivity contribution in [3.8, 4) is 11.5 Å². The summed E-state index contributed by atoms with van der Waals surface area (Å²) in [6.45, 7) is 4.08. The molecule has 0 bridgehead atoms. The molecule has 8 heteroatoms. The maximum Gasteiger partial charge on any atom is 0.258 e. The Hall–Kier alpha value is -2.06. The molecule has 140 valence electrons. The van der Waals surface area contributed by atoms with Crippen LogP contribution in [0.3, 0.4) is 0 Å². The van der Waals surface area contributed by atoms with E-state index in [2.05, 4.69) is 26.6 Å². The number of hydrogen-bond acceptors (Lipinski definition) is 5. The minimum atomic E-state index is -0.217. The van der Waals surface area contributed by atoms with Crippen molar-refractivity contribution in [2.24, 2.45) is 0 Å². The zero-order valence-corrected chi connectivity index (χ0v) is 17.2. The lowest BCUT2D eigenvalue weighted by molar-refractivity contribution is -0.123. The second-order valence-electron chi connectivity index (χ2n) is 5.77. The van der Waals surface area contributed by atoms with Crippen molar-refractivity contribution in [1.29, 1.82) is 0 Å². The fraction of sp³-hybridized carbons (Fsp3) is 0.333. The molecule has 0 radical (unpaired) electrons. The molecule has 0 aliphatic carbocycles. The van der Waals surface area contributed by atoms with Crippen molar-refractivity contribution in [1.82, 2.24) is 10.6 Å². The van der Waals surface area contributed by atoms with Crippen LogP contribution >= 0.6 is 27.3 Å². The molecule has 0 saturated carbocycles. The summed E-state index contributed by atoms with van der Waals surface area (Å²) in [7, 11) is 1.49. The molecule has 0 spiro atoms. The summed E-state index contributed by atoms with van der Waals surface area (Å²) in [5, 5.41) is 5.60. The van der Waals surface area contributed by atoms with Crippen LogP contribution in [0.4, 0.5) is 0 Å². The quantitative estimate of drug-likeness (QED) is 0.659. The molecule has 0 atom stereocenters. The molecule has 0 saturated heterocycles. The van der Waals surface area contributed by atoms with Crippen LogP contribution in [0.2, 0.25) is 0 Å². The minimum Gasteiger partial charge on any atom is -0.493 e. The molecule has 0 aliphatic heterocycles. The van der Waals surface area contributed by atoms with Gasteiger partial charge in [-0.2, -0.15) is 0 Å². The van der Waals surface area contributed by atoms with Crippen molar-refractivity contribution < 1.29 is 19.1 Å². The van der Waals surface area contributed by atoms with Gasteiger partial charge in [0.25, 0.3) is 11.8 Å². The number of halogens is 1. The normalized spacial score (nSPS) is 10.5. The average Bonchev–Trinajstić information content (AvgIpc) is 3.02. The molecule has 0 unspecified atom stereocenters. The van der Waals surface area contributed by atoms with Gasteiger partial charge in [0, 0.05) is 16.5 Å². The van der Waals surface area contributed by atoms with E-state index in [-0.39, 0.29) is 24.5 Å². The molecule has 26 heavy (non-hydrogen) atoms. The van der Waals surface area contributed by atoms with Gasteiger partial charge in [-0.15, -0.1) is 11.3 Å². The molecule has 2 rings (SSSR count). The Morgan fingerprint density at radius 1 is 1.19 bits per heavy atom. The Labute approximate surface area is 165 Å². The third kappa shape index (κ3) is 6.03. The maximum absolute atomic E-state index is 12.3. The maximum atomic E-state index is 12.3. The zero-order valence-electron chi connectivity index (χ0n) is 14.8. The van der Waals surface area contributed by atoms with Gasteiger partial charge in [0.2, 0.25) is 0 Å². The van der Waals surface area contributed by atoms with Gasteiger partial charge in [-0.05, 0) is 60.1 Å². The Morgan fingerprint density at radius 3 is 2.58 bits per heavy atom. The highest BCUT2D eigenvalue weighted by molar-refractivity contribution is 9.11. The smallest absolute Gasteiger partial charge is 0.258 e. The van der Waals surface area contributed by atoms with Gasteiger partial charge in [-0.25, -0.2) is 0 Å². The number of amides is 2. The molecule has 1 aromatic carbocycles. The first-order chi connectivity index (χ1) is 12.4. The van der Waals surface area contributed by atoms with Crippen LogP contribution in [0.5, 0.6) is 11.5 Å². The molecule has 1 aromatic heterocycles. The van der Waals surface area contributed by atoms with Gasteiger partial charge in [-0.3, -0.25) is 9.59 Å². The summed E-state index contributed by atoms with van der Waals surface area (Å²) in [6.07, 6.45) is 0. The van der Waals surface area contributed by atoms with E-state index in [0.29, 0.717) is 23.6 Å². The summed E-state index contributed by atoms with van der Waals surface area (Å²) >= 11 is 4.96. The molecule has 2 aromatic rings. The van der Waals surface area contributed by atoms with Crippen LogP contribution in [-0.2, 0) is 11.3 Å². The van der Waals surface area contributed by atoms with E-state index in [1.165, 1.54) is 7.11 Å². The number of ether oxygens (including phenoxy) is 2. The van der Waals surface area contributed by atoms with E-state index in [0.717, 1.165) is 8.66 Å². The van der Waals surface area contributed by atoms with Crippen molar-refractivity contribution in [2.75, 3.05) is 13.7 Å². The lowest BCUT2D eigenvalue weighted by Crippen LogP contribution is -2.34. The molecule has 6 nitrogen and oxygen atoms in total. The van der Waals surface area contributed by atoms with Crippen LogP contribution < -0.4 is 20.1 Å². The van der Waals surface area contributed by atoms with E-state index in [4.69, 9.17) is 9.47 Å². The predicted molar refractivity (Wildman–Crippen MR) is 105 cm³/mol. The Morgan fingerprint density at radius 2 is 1.96 bits per heavy atom. The van der Waals surface area contributed by atoms with E-state index in [9.17, 15) is 9.59 Å². The standard InChI is InChI=1S/C18H21BrN2O4S/c1-11(2)21-17(22)10-25-14-6-4-12(8-15(14)24-3)18(23)20-9-13-5-7-16(19)26-13/h4-8,11H,9-10H2,1-3H3,(H,20,23)(H,21,22). The monoisotopic (exact) mass is 440 g/mol. The molecular formula is C18H21BrN2O4S. The van der Waals surface area contributed by atoms with Gasteiger partial charge in [0.05, 0.1) is 17.4 Å². The van der Waals surface area contributed by atoms with E-state index >= 15 is 0 Å². The number of rotatable bonds is 8. The van der Waals surface area contributed by atoms with Crippen LogP contribution in [0.15, 0.2) is 34.1 Å². The lowest BCUT2D eigenvalue weighted by atomic mass is 10.2. The lowest BCUT2D eigenvalue weighted by Gasteiger charge is -2.13. The summed E-state index contributed by atoms with van der Waals surface area (Å²) in [4.78, 5) is 25.0. The number of thiophene rings is 1. The Kier molecular flexibility index (Phi) is 7.47. The third-order valence-corrected chi connectivity index (χ3v) is 4.91. The molecular weight excluding hydrogens is 420 g/mol. The fourth-order valence-electron chi connectivity index (χ4n) is 2.15. The van der Waals surface area contributed by atoms with E-state index in [1.807, 2.05) is 26.0 Å². The number of carbonyl (C=O) groups is 2. The molecule has 2 N–H and O–H groups in total. The van der Waals surface area contributed by atoms with Crippen LogP contribution in [0.1, 0.15) is 29.1 Å². The van der Waals surface area contributed by atoms with Gasteiger partial charge in [-0.1, -0.05) is 0 Å². The summed E-state index contributed by atoms with van der Waals surface area (Å²) in [5.74, 6) is 0.377. The van der Waals surface area contributed by atoms with E-state index < -0.39 is 0 Å². The summed E-state index contributed by atoms with van der Waals surface area (Å²) in [5.41, 5.74) is 0.455. The minimum absolute atomic E-state index is 0.0445. The summed E-state index contributed by atoms with van der Waals surface area (Å²) in [6, 6.07) is 8.79. The first-order valence-electron chi connectivity index (χ1n) is 8.01. The van der Waals surface area contributed by atoms with E-state index in [1.54, 1.807) is 29.5 Å². The second kappa shape index (κ2) is 9.59. The van der Waals surface area contributed by atoms with Crippen molar-refractivity contribution in [3.05, 3.63) is 44.6 Å².